The molecule has 1 aromatic heterocycles. The van der Waals surface area contributed by atoms with E-state index in [-0.39, 0.29) is 12.2 Å². The van der Waals surface area contributed by atoms with Crippen LogP contribution in [0, 0.1) is 0 Å². The number of nitrogens with zero attached hydrogens (tertiary/aromatic N) is 3. The molecule has 4 rings (SSSR count). The van der Waals surface area contributed by atoms with E-state index in [1.54, 1.807) is 13.8 Å². The van der Waals surface area contributed by atoms with Gasteiger partial charge in [-0.15, -0.1) is 0 Å². The summed E-state index contributed by atoms with van der Waals surface area (Å²) in [6, 6.07) is 17.1. The molecule has 1 unspecified atom stereocenters. The van der Waals surface area contributed by atoms with Crippen LogP contribution in [0.4, 0.5) is 5.69 Å². The molecule has 1 atom stereocenters. The third-order valence-corrected chi connectivity index (χ3v) is 6.35. The fourth-order valence-corrected chi connectivity index (χ4v) is 4.75. The first-order chi connectivity index (χ1) is 15.4. The molecule has 0 radical (unpaired) electrons. The first-order valence-electron chi connectivity index (χ1n) is 10.4. The van der Waals surface area contributed by atoms with E-state index in [4.69, 9.17) is 9.73 Å². The number of hydrogen-bond donors (Lipinski definition) is 0. The number of benzene rings is 2. The minimum Gasteiger partial charge on any atom is -0.463 e. The zero-order chi connectivity index (χ0) is 22.8. The van der Waals surface area contributed by atoms with E-state index in [0.717, 1.165) is 16.8 Å². The summed E-state index contributed by atoms with van der Waals surface area (Å²) in [5.74, 6) is -0.448. The molecule has 0 aliphatic carbocycles. The van der Waals surface area contributed by atoms with Crippen LogP contribution in [0.3, 0.4) is 0 Å². The zero-order valence-corrected chi connectivity index (χ0v) is 19.3. The number of rotatable bonds is 5. The standard InChI is InChI=1S/C25H25N3O3S/c1-5-31-24(30)21-16(2)28-23(29)20(15-17-11-13-19(14-12-17)27(3)4)32-25(28)26-22(21)18-9-7-6-8-10-18/h6-15,22H,5H2,1-4H3. The summed E-state index contributed by atoms with van der Waals surface area (Å²) in [7, 11) is 3.97. The molecule has 6 nitrogen and oxygen atoms in total. The predicted molar refractivity (Wildman–Crippen MR) is 128 cm³/mol. The van der Waals surface area contributed by atoms with Crippen molar-refractivity contribution in [2.75, 3.05) is 25.6 Å². The molecule has 0 saturated heterocycles. The molecule has 0 amide bonds. The lowest BCUT2D eigenvalue weighted by molar-refractivity contribution is -0.138. The minimum absolute atomic E-state index is 0.184. The number of allylic oxidation sites excluding steroid dienone is 1. The average molecular weight is 448 g/mol. The lowest BCUT2D eigenvalue weighted by atomic mass is 9.97. The van der Waals surface area contributed by atoms with Crippen molar-refractivity contribution in [1.82, 2.24) is 4.57 Å². The van der Waals surface area contributed by atoms with E-state index < -0.39 is 12.0 Å². The van der Waals surface area contributed by atoms with Crippen molar-refractivity contribution in [2.24, 2.45) is 4.99 Å². The molecular weight excluding hydrogens is 422 g/mol. The SMILES string of the molecule is CCOC(=O)C1=C(C)n2c(sc(=Cc3ccc(N(C)C)cc3)c2=O)=NC1c1ccccc1. The largest absolute Gasteiger partial charge is 0.463 e. The summed E-state index contributed by atoms with van der Waals surface area (Å²) in [6.07, 6.45) is 1.86. The van der Waals surface area contributed by atoms with Crippen LogP contribution in [-0.2, 0) is 9.53 Å². The van der Waals surface area contributed by atoms with Gasteiger partial charge in [0, 0.05) is 25.5 Å². The number of esters is 1. The molecule has 2 aromatic carbocycles. The predicted octanol–water partition coefficient (Wildman–Crippen LogP) is 2.97. The van der Waals surface area contributed by atoms with Crippen LogP contribution < -0.4 is 19.8 Å². The Morgan fingerprint density at radius 1 is 1.16 bits per heavy atom. The highest BCUT2D eigenvalue weighted by molar-refractivity contribution is 7.07. The third-order valence-electron chi connectivity index (χ3n) is 5.36. The highest BCUT2D eigenvalue weighted by Gasteiger charge is 2.31. The van der Waals surface area contributed by atoms with Crippen LogP contribution in [0.15, 0.2) is 70.0 Å². The van der Waals surface area contributed by atoms with Gasteiger partial charge in [-0.25, -0.2) is 9.79 Å². The molecule has 0 N–H and O–H groups in total. The van der Waals surface area contributed by atoms with E-state index in [2.05, 4.69) is 0 Å². The fraction of sp³-hybridized carbons (Fsp3) is 0.240. The number of aromatic nitrogens is 1. The fourth-order valence-electron chi connectivity index (χ4n) is 3.71. The van der Waals surface area contributed by atoms with Gasteiger partial charge in [0.25, 0.3) is 5.56 Å². The third kappa shape index (κ3) is 4.03. The molecule has 0 bridgehead atoms. The maximum Gasteiger partial charge on any atom is 0.338 e. The molecule has 32 heavy (non-hydrogen) atoms. The molecule has 1 aliphatic rings. The Kier molecular flexibility index (Phi) is 6.10. The van der Waals surface area contributed by atoms with Gasteiger partial charge >= 0.3 is 5.97 Å². The molecule has 3 aromatic rings. The van der Waals surface area contributed by atoms with Crippen molar-refractivity contribution >= 4 is 34.8 Å². The van der Waals surface area contributed by atoms with Crippen molar-refractivity contribution in [3.8, 4) is 0 Å². The second kappa shape index (κ2) is 8.96. The van der Waals surface area contributed by atoms with Gasteiger partial charge in [-0.2, -0.15) is 0 Å². The molecule has 1 aliphatic heterocycles. The van der Waals surface area contributed by atoms with Crippen molar-refractivity contribution in [2.45, 2.75) is 19.9 Å². The van der Waals surface area contributed by atoms with Gasteiger partial charge < -0.3 is 9.64 Å². The molecule has 2 heterocycles. The Morgan fingerprint density at radius 2 is 1.84 bits per heavy atom. The summed E-state index contributed by atoms with van der Waals surface area (Å²) < 4.78 is 7.40. The summed E-state index contributed by atoms with van der Waals surface area (Å²) >= 11 is 1.33. The second-order valence-corrected chi connectivity index (χ2v) is 8.69. The van der Waals surface area contributed by atoms with Crippen molar-refractivity contribution in [3.63, 3.8) is 0 Å². The maximum absolute atomic E-state index is 13.3. The van der Waals surface area contributed by atoms with Gasteiger partial charge in [0.1, 0.15) is 6.04 Å². The van der Waals surface area contributed by atoms with Gasteiger partial charge in [-0.1, -0.05) is 53.8 Å². The summed E-state index contributed by atoms with van der Waals surface area (Å²) in [4.78, 5) is 33.5. The highest BCUT2D eigenvalue weighted by Crippen LogP contribution is 2.32. The topological polar surface area (TPSA) is 63.9 Å². The number of thiazole rings is 1. The molecule has 0 fully saturated rings. The maximum atomic E-state index is 13.3. The van der Waals surface area contributed by atoms with E-state index in [9.17, 15) is 9.59 Å². The van der Waals surface area contributed by atoms with E-state index in [1.165, 1.54) is 15.9 Å². The van der Waals surface area contributed by atoms with Gasteiger partial charge in [0.15, 0.2) is 4.80 Å². The zero-order valence-electron chi connectivity index (χ0n) is 18.5. The summed E-state index contributed by atoms with van der Waals surface area (Å²) in [5, 5.41) is 0. The lowest BCUT2D eigenvalue weighted by Crippen LogP contribution is -2.35. The monoisotopic (exact) mass is 447 g/mol. The van der Waals surface area contributed by atoms with Gasteiger partial charge in [-0.3, -0.25) is 9.36 Å². The lowest BCUT2D eigenvalue weighted by Gasteiger charge is -2.22. The number of ether oxygens (including phenoxy) is 1. The molecule has 0 saturated carbocycles. The Balaban J connectivity index is 1.89. The molecule has 0 spiro atoms. The number of carbonyl (C=O) groups is 1. The molecular formula is C25H25N3O3S. The summed E-state index contributed by atoms with van der Waals surface area (Å²) in [6.45, 7) is 3.80. The van der Waals surface area contributed by atoms with E-state index in [0.29, 0.717) is 20.6 Å². The Morgan fingerprint density at radius 3 is 2.47 bits per heavy atom. The van der Waals surface area contributed by atoms with Crippen molar-refractivity contribution < 1.29 is 9.53 Å². The van der Waals surface area contributed by atoms with Gasteiger partial charge in [0.2, 0.25) is 0 Å². The Labute approximate surface area is 190 Å². The molecule has 7 heteroatoms. The Hall–Kier alpha value is -3.45. The summed E-state index contributed by atoms with van der Waals surface area (Å²) in [5.41, 5.74) is 3.67. The van der Waals surface area contributed by atoms with Crippen LogP contribution in [0.25, 0.3) is 11.8 Å². The minimum atomic E-state index is -0.513. The number of anilines is 1. The smallest absolute Gasteiger partial charge is 0.338 e. The van der Waals surface area contributed by atoms with Gasteiger partial charge in [0.05, 0.1) is 16.7 Å². The number of carbonyl (C=O) groups excluding carboxylic acids is 1. The average Bonchev–Trinajstić information content (AvgIpc) is 3.10. The Bertz CT molecular complexity index is 1350. The first kappa shape index (κ1) is 21.8. The van der Waals surface area contributed by atoms with Gasteiger partial charge in [-0.05, 0) is 43.2 Å². The van der Waals surface area contributed by atoms with Crippen molar-refractivity contribution in [1.29, 1.82) is 0 Å². The van der Waals surface area contributed by atoms with E-state index in [1.807, 2.05) is 79.7 Å². The number of fused-ring (bicyclic) bond motifs is 1. The van der Waals surface area contributed by atoms with Crippen LogP contribution in [-0.4, -0.2) is 31.2 Å². The van der Waals surface area contributed by atoms with Crippen molar-refractivity contribution in [3.05, 3.63) is 91.0 Å². The highest BCUT2D eigenvalue weighted by atomic mass is 32.1. The van der Waals surface area contributed by atoms with Crippen LogP contribution in [0.5, 0.6) is 0 Å². The molecule has 164 valence electrons. The van der Waals surface area contributed by atoms with Crippen LogP contribution in [0.2, 0.25) is 0 Å². The van der Waals surface area contributed by atoms with Crippen LogP contribution >= 0.6 is 11.3 Å². The number of hydrogen-bond acceptors (Lipinski definition) is 6. The second-order valence-electron chi connectivity index (χ2n) is 7.68. The first-order valence-corrected chi connectivity index (χ1v) is 11.2. The normalized spacial score (nSPS) is 15.9. The quantitative estimate of drug-likeness (QED) is 0.564. The van der Waals surface area contributed by atoms with E-state index >= 15 is 0 Å². The van der Waals surface area contributed by atoms with Crippen LogP contribution in [0.1, 0.15) is 31.0 Å².